The van der Waals surface area contributed by atoms with Crippen LogP contribution in [0, 0.1) is 11.8 Å². The van der Waals surface area contributed by atoms with Crippen molar-refractivity contribution in [1.29, 1.82) is 0 Å². The standard InChI is InChI=1S/C15H21NO.C6H13NO3S/c1-16-10-12-6-5-9-15(17,14(12)11-16)13-7-3-2-4-8-13;8-11(9,10)7-6-4-2-1-3-5-6/h2-4,7-8,12,14,17H,5-6,9-11H2,1H3;6-7H,1-5H2,(H,8,9,10)/t12-,14+,15+;/m0./s1. The molecule has 7 heteroatoms. The molecule has 6 nitrogen and oxygen atoms in total. The molecule has 0 spiro atoms. The molecular weight excluding hydrogens is 376 g/mol. The van der Waals surface area contributed by atoms with E-state index < -0.39 is 15.9 Å². The van der Waals surface area contributed by atoms with Crippen LogP contribution < -0.4 is 4.72 Å². The maximum Gasteiger partial charge on any atom is 0.333 e. The summed E-state index contributed by atoms with van der Waals surface area (Å²) in [5.41, 5.74) is 0.527. The van der Waals surface area contributed by atoms with Gasteiger partial charge in [0.2, 0.25) is 0 Å². The normalized spacial score (nSPS) is 31.7. The third kappa shape index (κ3) is 5.54. The number of likely N-dealkylation sites (tertiary alicyclic amines) is 1. The maximum absolute atomic E-state index is 11.1. The summed E-state index contributed by atoms with van der Waals surface area (Å²) in [6, 6.07) is 10.2. The Balaban J connectivity index is 0.000000178. The molecule has 1 aromatic carbocycles. The first-order valence-corrected chi connectivity index (χ1v) is 11.9. The van der Waals surface area contributed by atoms with Crippen LogP contribution in [-0.2, 0) is 15.9 Å². The topological polar surface area (TPSA) is 89.9 Å². The predicted octanol–water partition coefficient (Wildman–Crippen LogP) is 2.95. The average Bonchev–Trinajstić information content (AvgIpc) is 3.05. The first-order valence-electron chi connectivity index (χ1n) is 10.5. The molecule has 3 aliphatic rings. The van der Waals surface area contributed by atoms with Crippen LogP contribution in [0.25, 0.3) is 0 Å². The molecule has 0 unspecified atom stereocenters. The molecule has 1 saturated heterocycles. The zero-order valence-electron chi connectivity index (χ0n) is 16.8. The van der Waals surface area contributed by atoms with Crippen molar-refractivity contribution in [3.8, 4) is 0 Å². The summed E-state index contributed by atoms with van der Waals surface area (Å²) in [7, 11) is -1.80. The number of nitrogens with one attached hydrogen (secondary N) is 1. The van der Waals surface area contributed by atoms with Crippen LogP contribution in [-0.4, -0.2) is 49.2 Å². The highest BCUT2D eigenvalue weighted by molar-refractivity contribution is 7.83. The molecular formula is C21H34N2O4S. The SMILES string of the molecule is CN1C[C@@H]2CCC[C@@](O)(c3ccccc3)[C@@H]2C1.O=S(=O)(O)NC1CCCCC1. The highest BCUT2D eigenvalue weighted by Gasteiger charge is 2.48. The quantitative estimate of drug-likeness (QED) is 0.667. The van der Waals surface area contributed by atoms with Crippen molar-refractivity contribution in [3.05, 3.63) is 35.9 Å². The Morgan fingerprint density at radius 2 is 1.71 bits per heavy atom. The molecule has 2 aliphatic carbocycles. The first kappa shape index (κ1) is 21.7. The monoisotopic (exact) mass is 410 g/mol. The van der Waals surface area contributed by atoms with E-state index in [-0.39, 0.29) is 6.04 Å². The lowest BCUT2D eigenvalue weighted by Gasteiger charge is -2.41. The van der Waals surface area contributed by atoms with Gasteiger partial charge in [-0.05, 0) is 50.6 Å². The van der Waals surface area contributed by atoms with Gasteiger partial charge in [0.1, 0.15) is 0 Å². The number of hydrogen-bond acceptors (Lipinski definition) is 4. The molecule has 1 heterocycles. The molecule has 0 aromatic heterocycles. The van der Waals surface area contributed by atoms with Crippen molar-refractivity contribution in [1.82, 2.24) is 9.62 Å². The van der Waals surface area contributed by atoms with Gasteiger partial charge >= 0.3 is 10.3 Å². The molecule has 28 heavy (non-hydrogen) atoms. The minimum atomic E-state index is -3.97. The average molecular weight is 411 g/mol. The molecule has 0 radical (unpaired) electrons. The predicted molar refractivity (Wildman–Crippen MR) is 110 cm³/mol. The van der Waals surface area contributed by atoms with Gasteiger partial charge in [-0.15, -0.1) is 0 Å². The summed E-state index contributed by atoms with van der Waals surface area (Å²) in [5, 5.41) is 11.1. The van der Waals surface area contributed by atoms with E-state index in [2.05, 4.69) is 28.8 Å². The maximum atomic E-state index is 11.1. The third-order valence-electron chi connectivity index (χ3n) is 6.56. The number of fused-ring (bicyclic) bond motifs is 1. The van der Waals surface area contributed by atoms with Crippen LogP contribution in [0.3, 0.4) is 0 Å². The fourth-order valence-electron chi connectivity index (χ4n) is 5.26. The Morgan fingerprint density at radius 3 is 2.36 bits per heavy atom. The van der Waals surface area contributed by atoms with E-state index in [0.717, 1.165) is 57.2 Å². The molecule has 0 amide bonds. The summed E-state index contributed by atoms with van der Waals surface area (Å²) in [4.78, 5) is 2.37. The molecule has 3 atom stereocenters. The van der Waals surface area contributed by atoms with Gasteiger partial charge in [0, 0.05) is 25.0 Å². The number of benzene rings is 1. The van der Waals surface area contributed by atoms with Gasteiger partial charge < -0.3 is 10.0 Å². The number of nitrogens with zero attached hydrogens (tertiary/aromatic N) is 1. The lowest BCUT2D eigenvalue weighted by Crippen LogP contribution is -2.42. The van der Waals surface area contributed by atoms with E-state index in [1.54, 1.807) is 0 Å². The van der Waals surface area contributed by atoms with Gasteiger partial charge in [-0.2, -0.15) is 13.1 Å². The van der Waals surface area contributed by atoms with Crippen molar-refractivity contribution in [2.24, 2.45) is 11.8 Å². The molecule has 158 valence electrons. The van der Waals surface area contributed by atoms with Crippen molar-refractivity contribution >= 4 is 10.3 Å². The number of rotatable bonds is 3. The second-order valence-corrected chi connectivity index (χ2v) is 9.88. The summed E-state index contributed by atoms with van der Waals surface area (Å²) >= 11 is 0. The molecule has 4 rings (SSSR count). The molecule has 1 aliphatic heterocycles. The Hall–Kier alpha value is -0.990. The minimum Gasteiger partial charge on any atom is -0.385 e. The van der Waals surface area contributed by atoms with Gasteiger partial charge in [-0.25, -0.2) is 0 Å². The highest BCUT2D eigenvalue weighted by atomic mass is 32.2. The summed E-state index contributed by atoms with van der Waals surface area (Å²) in [5.74, 6) is 1.10. The van der Waals surface area contributed by atoms with Crippen LogP contribution in [0.15, 0.2) is 30.3 Å². The van der Waals surface area contributed by atoms with Crippen LogP contribution in [0.2, 0.25) is 0 Å². The summed E-state index contributed by atoms with van der Waals surface area (Å²) in [6.07, 6.45) is 8.32. The molecule has 0 bridgehead atoms. The van der Waals surface area contributed by atoms with E-state index in [9.17, 15) is 13.5 Å². The smallest absolute Gasteiger partial charge is 0.333 e. The number of hydrogen-bond donors (Lipinski definition) is 3. The van der Waals surface area contributed by atoms with Crippen molar-refractivity contribution in [3.63, 3.8) is 0 Å². The van der Waals surface area contributed by atoms with Gasteiger partial charge in [0.15, 0.2) is 0 Å². The fourth-order valence-corrected chi connectivity index (χ4v) is 5.91. The molecule has 2 saturated carbocycles. The Kier molecular flexibility index (Phi) is 7.15. The minimum absolute atomic E-state index is 0.0428. The molecule has 1 aromatic rings. The lowest BCUT2D eigenvalue weighted by atomic mass is 9.67. The second kappa shape index (κ2) is 9.22. The van der Waals surface area contributed by atoms with Crippen LogP contribution in [0.5, 0.6) is 0 Å². The van der Waals surface area contributed by atoms with E-state index >= 15 is 0 Å². The summed E-state index contributed by atoms with van der Waals surface area (Å²) < 4.78 is 31.3. The molecule has 3 N–H and O–H groups in total. The van der Waals surface area contributed by atoms with Crippen molar-refractivity contribution in [2.45, 2.75) is 63.0 Å². The van der Waals surface area contributed by atoms with E-state index in [1.165, 1.54) is 12.8 Å². The van der Waals surface area contributed by atoms with Crippen LogP contribution in [0.4, 0.5) is 0 Å². The van der Waals surface area contributed by atoms with E-state index in [0.29, 0.717) is 11.8 Å². The highest BCUT2D eigenvalue weighted by Crippen LogP contribution is 2.47. The van der Waals surface area contributed by atoms with Crippen LogP contribution >= 0.6 is 0 Å². The Bertz CT molecular complexity index is 721. The molecule has 3 fully saturated rings. The zero-order valence-corrected chi connectivity index (χ0v) is 17.6. The van der Waals surface area contributed by atoms with E-state index in [1.807, 2.05) is 18.2 Å². The zero-order chi connectivity index (χ0) is 20.2. The summed E-state index contributed by atoms with van der Waals surface area (Å²) in [6.45, 7) is 2.19. The second-order valence-electron chi connectivity index (χ2n) is 8.70. The Labute approximate surface area is 169 Å². The van der Waals surface area contributed by atoms with Gasteiger partial charge in [0.25, 0.3) is 0 Å². The Morgan fingerprint density at radius 1 is 1.04 bits per heavy atom. The fraction of sp³-hybridized carbons (Fsp3) is 0.714. The number of aliphatic hydroxyl groups is 1. The first-order chi connectivity index (χ1) is 13.3. The largest absolute Gasteiger partial charge is 0.385 e. The lowest BCUT2D eigenvalue weighted by molar-refractivity contribution is -0.0645. The van der Waals surface area contributed by atoms with Crippen molar-refractivity contribution in [2.75, 3.05) is 20.1 Å². The van der Waals surface area contributed by atoms with Crippen molar-refractivity contribution < 1.29 is 18.1 Å². The van der Waals surface area contributed by atoms with Gasteiger partial charge in [0.05, 0.1) is 5.60 Å². The van der Waals surface area contributed by atoms with Gasteiger partial charge in [-0.1, -0.05) is 49.6 Å². The van der Waals surface area contributed by atoms with E-state index in [4.69, 9.17) is 4.55 Å². The van der Waals surface area contributed by atoms with Gasteiger partial charge in [-0.3, -0.25) is 4.55 Å². The third-order valence-corrected chi connectivity index (χ3v) is 7.20. The van der Waals surface area contributed by atoms with Crippen LogP contribution in [0.1, 0.15) is 56.9 Å².